The van der Waals surface area contributed by atoms with E-state index in [2.05, 4.69) is 53.4 Å². The minimum absolute atomic E-state index is 0.143. The van der Waals surface area contributed by atoms with Crippen LogP contribution in [0.1, 0.15) is 23.6 Å². The van der Waals surface area contributed by atoms with Crippen molar-refractivity contribution in [3.63, 3.8) is 0 Å². The zero-order valence-corrected chi connectivity index (χ0v) is 13.9. The van der Waals surface area contributed by atoms with Gasteiger partial charge in [-0.15, -0.1) is 0 Å². The number of aryl methyl sites for hydroxylation is 1. The van der Waals surface area contributed by atoms with E-state index in [1.54, 1.807) is 7.05 Å². The Balaban J connectivity index is 1.70. The molecule has 0 aromatic heterocycles. The van der Waals surface area contributed by atoms with Crippen molar-refractivity contribution in [1.82, 2.24) is 15.1 Å². The number of amides is 1. The van der Waals surface area contributed by atoms with Gasteiger partial charge in [0, 0.05) is 45.7 Å². The summed E-state index contributed by atoms with van der Waals surface area (Å²) < 4.78 is 0. The molecule has 2 saturated heterocycles. The van der Waals surface area contributed by atoms with Crippen LogP contribution in [0.4, 0.5) is 0 Å². The number of nitrogens with one attached hydrogen (secondary N) is 1. The number of hydrogen-bond donors (Lipinski definition) is 1. The van der Waals surface area contributed by atoms with Gasteiger partial charge in [-0.25, -0.2) is 0 Å². The third-order valence-corrected chi connectivity index (χ3v) is 5.41. The molecule has 3 rings (SSSR count). The fourth-order valence-electron chi connectivity index (χ4n) is 4.30. The first-order valence-electron chi connectivity index (χ1n) is 8.29. The number of hydrogen-bond acceptors (Lipinski definition) is 3. The summed E-state index contributed by atoms with van der Waals surface area (Å²) in [5.74, 6) is 1.57. The third-order valence-electron chi connectivity index (χ3n) is 5.41. The minimum atomic E-state index is 0.143. The lowest BCUT2D eigenvalue weighted by Crippen LogP contribution is -2.32. The summed E-state index contributed by atoms with van der Waals surface area (Å²) in [7, 11) is 3.97. The molecule has 4 nitrogen and oxygen atoms in total. The monoisotopic (exact) mass is 301 g/mol. The summed E-state index contributed by atoms with van der Waals surface area (Å²) in [5, 5.41) is 2.71. The molecule has 1 aromatic carbocycles. The molecule has 1 aromatic rings. The number of carbonyl (C=O) groups excluding carboxylic acids is 1. The Morgan fingerprint density at radius 1 is 1.27 bits per heavy atom. The van der Waals surface area contributed by atoms with Crippen molar-refractivity contribution in [2.75, 3.05) is 40.3 Å². The quantitative estimate of drug-likeness (QED) is 0.919. The molecule has 1 N–H and O–H groups in total. The molecule has 0 radical (unpaired) electrons. The molecular weight excluding hydrogens is 274 g/mol. The van der Waals surface area contributed by atoms with E-state index in [9.17, 15) is 4.79 Å². The maximum atomic E-state index is 11.5. The Bertz CT molecular complexity index is 545. The number of rotatable bonds is 4. The lowest BCUT2D eigenvalue weighted by molar-refractivity contribution is -0.120. The van der Waals surface area contributed by atoms with E-state index in [1.165, 1.54) is 17.7 Å². The first kappa shape index (κ1) is 15.5. The first-order chi connectivity index (χ1) is 10.6. The van der Waals surface area contributed by atoms with Gasteiger partial charge in [-0.3, -0.25) is 9.69 Å². The molecule has 22 heavy (non-hydrogen) atoms. The zero-order valence-electron chi connectivity index (χ0n) is 13.9. The van der Waals surface area contributed by atoms with Crippen molar-refractivity contribution in [3.8, 4) is 0 Å². The highest BCUT2D eigenvalue weighted by Crippen LogP contribution is 2.44. The Hall–Kier alpha value is -1.39. The molecule has 2 heterocycles. The van der Waals surface area contributed by atoms with Gasteiger partial charge in [0.25, 0.3) is 0 Å². The number of likely N-dealkylation sites (tertiary alicyclic amines) is 2. The van der Waals surface area contributed by atoms with Gasteiger partial charge in [0.05, 0.1) is 0 Å². The Kier molecular flexibility index (Phi) is 4.50. The van der Waals surface area contributed by atoms with Crippen LogP contribution in [-0.2, 0) is 4.79 Å². The van der Waals surface area contributed by atoms with Crippen LogP contribution in [0, 0.1) is 18.8 Å². The van der Waals surface area contributed by atoms with Gasteiger partial charge in [-0.2, -0.15) is 0 Å². The Labute approximate surface area is 133 Å². The van der Waals surface area contributed by atoms with Crippen LogP contribution in [-0.4, -0.2) is 56.0 Å². The molecule has 2 aliphatic heterocycles. The second-order valence-electron chi connectivity index (χ2n) is 6.85. The van der Waals surface area contributed by atoms with Crippen LogP contribution in [0.2, 0.25) is 0 Å². The van der Waals surface area contributed by atoms with Gasteiger partial charge >= 0.3 is 0 Å². The maximum absolute atomic E-state index is 11.5. The summed E-state index contributed by atoms with van der Waals surface area (Å²) in [6.07, 6.45) is 0.612. The van der Waals surface area contributed by atoms with Crippen LogP contribution in [0.15, 0.2) is 24.3 Å². The van der Waals surface area contributed by atoms with Crippen molar-refractivity contribution in [3.05, 3.63) is 35.4 Å². The smallest absolute Gasteiger partial charge is 0.221 e. The van der Waals surface area contributed by atoms with Crippen LogP contribution in [0.5, 0.6) is 0 Å². The topological polar surface area (TPSA) is 35.6 Å². The first-order valence-corrected chi connectivity index (χ1v) is 8.29. The number of benzene rings is 1. The predicted octanol–water partition coefficient (Wildman–Crippen LogP) is 1.67. The van der Waals surface area contributed by atoms with E-state index in [4.69, 9.17) is 0 Å². The van der Waals surface area contributed by atoms with Gasteiger partial charge in [-0.1, -0.05) is 24.3 Å². The maximum Gasteiger partial charge on any atom is 0.221 e. The highest BCUT2D eigenvalue weighted by molar-refractivity contribution is 5.75. The Morgan fingerprint density at radius 3 is 2.77 bits per heavy atom. The number of nitrogens with zero attached hydrogens (tertiary/aromatic N) is 2. The molecule has 1 amide bonds. The summed E-state index contributed by atoms with van der Waals surface area (Å²) >= 11 is 0. The van der Waals surface area contributed by atoms with Gasteiger partial charge in [-0.05, 0) is 36.9 Å². The second kappa shape index (κ2) is 6.39. The zero-order chi connectivity index (χ0) is 15.7. The molecule has 0 unspecified atom stereocenters. The van der Waals surface area contributed by atoms with Gasteiger partial charge in [0.15, 0.2) is 0 Å². The predicted molar refractivity (Wildman–Crippen MR) is 88.7 cm³/mol. The molecule has 0 bridgehead atoms. The van der Waals surface area contributed by atoms with E-state index in [1.807, 2.05) is 0 Å². The van der Waals surface area contributed by atoms with Crippen LogP contribution < -0.4 is 5.32 Å². The highest BCUT2D eigenvalue weighted by Gasteiger charge is 2.46. The van der Waals surface area contributed by atoms with E-state index in [-0.39, 0.29) is 5.91 Å². The Morgan fingerprint density at radius 2 is 2.05 bits per heavy atom. The van der Waals surface area contributed by atoms with Crippen molar-refractivity contribution >= 4 is 5.91 Å². The summed E-state index contributed by atoms with van der Waals surface area (Å²) in [4.78, 5) is 16.4. The number of carbonyl (C=O) groups is 1. The van der Waals surface area contributed by atoms with E-state index in [0.29, 0.717) is 18.4 Å². The van der Waals surface area contributed by atoms with Gasteiger partial charge < -0.3 is 10.2 Å². The van der Waals surface area contributed by atoms with Crippen molar-refractivity contribution in [2.45, 2.75) is 19.4 Å². The highest BCUT2D eigenvalue weighted by atomic mass is 16.1. The molecule has 0 saturated carbocycles. The second-order valence-corrected chi connectivity index (χ2v) is 6.85. The van der Waals surface area contributed by atoms with E-state index < -0.39 is 0 Å². The lowest BCUT2D eigenvalue weighted by atomic mass is 9.88. The average molecular weight is 301 g/mol. The SMILES string of the molecule is CNC(=O)CCN1C[C@@H]2CN(C)[C@@H](c3ccccc3C)[C@@H]2C1. The fourth-order valence-corrected chi connectivity index (χ4v) is 4.30. The molecule has 0 spiro atoms. The molecule has 0 aliphatic carbocycles. The largest absolute Gasteiger partial charge is 0.359 e. The van der Waals surface area contributed by atoms with Crippen LogP contribution >= 0.6 is 0 Å². The fraction of sp³-hybridized carbons (Fsp3) is 0.611. The van der Waals surface area contributed by atoms with Gasteiger partial charge in [0.2, 0.25) is 5.91 Å². The molecule has 4 heteroatoms. The van der Waals surface area contributed by atoms with Crippen molar-refractivity contribution in [1.29, 1.82) is 0 Å². The van der Waals surface area contributed by atoms with Crippen LogP contribution in [0.3, 0.4) is 0 Å². The normalized spacial score (nSPS) is 28.8. The molecular formula is C18H27N3O. The third kappa shape index (κ3) is 2.90. The van der Waals surface area contributed by atoms with E-state index >= 15 is 0 Å². The minimum Gasteiger partial charge on any atom is -0.359 e. The van der Waals surface area contributed by atoms with E-state index in [0.717, 1.165) is 25.6 Å². The number of fused-ring (bicyclic) bond motifs is 1. The molecule has 2 aliphatic rings. The molecule has 3 atom stereocenters. The van der Waals surface area contributed by atoms with Gasteiger partial charge in [0.1, 0.15) is 0 Å². The molecule has 2 fully saturated rings. The summed E-state index contributed by atoms with van der Waals surface area (Å²) in [5.41, 5.74) is 2.87. The summed E-state index contributed by atoms with van der Waals surface area (Å²) in [6.45, 7) is 6.52. The van der Waals surface area contributed by atoms with Crippen molar-refractivity contribution in [2.24, 2.45) is 11.8 Å². The van der Waals surface area contributed by atoms with Crippen LogP contribution in [0.25, 0.3) is 0 Å². The molecule has 120 valence electrons. The lowest BCUT2D eigenvalue weighted by Gasteiger charge is -2.28. The standard InChI is InChI=1S/C18H27N3O/c1-13-6-4-5-7-15(13)18-16-12-21(9-8-17(22)19-2)11-14(16)10-20(18)3/h4-7,14,16,18H,8-12H2,1-3H3,(H,19,22)/t14-,16+,18-/m0/s1. The summed E-state index contributed by atoms with van der Waals surface area (Å²) in [6, 6.07) is 9.30. The van der Waals surface area contributed by atoms with Crippen molar-refractivity contribution < 1.29 is 4.79 Å². The average Bonchev–Trinajstić information content (AvgIpc) is 3.02.